The quantitative estimate of drug-likeness (QED) is 0.598. The predicted molar refractivity (Wildman–Crippen MR) is 97.8 cm³/mol. The van der Waals surface area contributed by atoms with Gasteiger partial charge in [0.2, 0.25) is 10.0 Å². The fourth-order valence-corrected chi connectivity index (χ4v) is 3.52. The maximum Gasteiger partial charge on any atom is 0.293 e. The van der Waals surface area contributed by atoms with Gasteiger partial charge in [0, 0.05) is 38.4 Å². The third-order valence-electron chi connectivity index (χ3n) is 4.30. The molecule has 1 aliphatic rings. The summed E-state index contributed by atoms with van der Waals surface area (Å²) in [5.41, 5.74) is 0.480. The van der Waals surface area contributed by atoms with Gasteiger partial charge in [-0.05, 0) is 24.3 Å². The summed E-state index contributed by atoms with van der Waals surface area (Å²) in [6, 6.07) is 9.11. The second-order valence-corrected chi connectivity index (χ2v) is 7.47. The molecule has 0 amide bonds. The minimum absolute atomic E-state index is 0.302. The monoisotopic (exact) mass is 388 g/mol. The van der Waals surface area contributed by atoms with Crippen LogP contribution < -0.4 is 14.9 Å². The number of nitrogens with zero attached hydrogens (tertiary/aromatic N) is 5. The van der Waals surface area contributed by atoms with Gasteiger partial charge in [-0.15, -0.1) is 0 Å². The van der Waals surface area contributed by atoms with Gasteiger partial charge in [0.25, 0.3) is 5.69 Å². The van der Waals surface area contributed by atoms with E-state index in [0.717, 1.165) is 6.07 Å². The van der Waals surface area contributed by atoms with Crippen molar-refractivity contribution in [3.63, 3.8) is 0 Å². The summed E-state index contributed by atoms with van der Waals surface area (Å²) in [5.74, 6) is 0.582. The molecule has 2 heterocycles. The van der Waals surface area contributed by atoms with Crippen molar-refractivity contribution < 1.29 is 13.3 Å². The Labute approximate surface area is 155 Å². The molecule has 1 fully saturated rings. The molecule has 1 aromatic carbocycles. The molecule has 1 aliphatic heterocycles. The van der Waals surface area contributed by atoms with Gasteiger partial charge < -0.3 is 9.80 Å². The van der Waals surface area contributed by atoms with Crippen LogP contribution in [0.15, 0.2) is 41.4 Å². The highest BCUT2D eigenvalue weighted by Crippen LogP contribution is 2.31. The topological polar surface area (TPSA) is 146 Å². The molecule has 0 atom stereocenters. The molecule has 0 aliphatic carbocycles. The Bertz CT molecular complexity index is 1030. The minimum atomic E-state index is -4.03. The lowest BCUT2D eigenvalue weighted by Crippen LogP contribution is -2.47. The van der Waals surface area contributed by atoms with Crippen LogP contribution in [0.4, 0.5) is 17.2 Å². The van der Waals surface area contributed by atoms with E-state index >= 15 is 0 Å². The van der Waals surface area contributed by atoms with Gasteiger partial charge in [-0.25, -0.2) is 18.5 Å². The first kappa shape index (κ1) is 18.6. The standard InChI is InChI=1S/C16H16N6O4S/c17-11-12-2-1-5-19-16(12)21-8-6-20(7-9-21)14-4-3-13(27(18,25)26)10-15(14)22(23)24/h1-5,10H,6-9H2,(H2,18,25,26). The normalized spacial score (nSPS) is 14.7. The highest BCUT2D eigenvalue weighted by molar-refractivity contribution is 7.89. The van der Waals surface area contributed by atoms with Crippen molar-refractivity contribution in [2.24, 2.45) is 5.14 Å². The molecule has 3 rings (SSSR count). The first-order valence-corrected chi connectivity index (χ1v) is 9.52. The number of benzene rings is 1. The lowest BCUT2D eigenvalue weighted by molar-refractivity contribution is -0.384. The van der Waals surface area contributed by atoms with Crippen molar-refractivity contribution in [1.82, 2.24) is 4.98 Å². The summed E-state index contributed by atoms with van der Waals surface area (Å²) in [6.07, 6.45) is 1.61. The zero-order chi connectivity index (χ0) is 19.6. The first-order chi connectivity index (χ1) is 12.8. The van der Waals surface area contributed by atoms with Gasteiger partial charge in [-0.2, -0.15) is 5.26 Å². The zero-order valence-electron chi connectivity index (χ0n) is 14.1. The Morgan fingerprint density at radius 3 is 2.44 bits per heavy atom. The van der Waals surface area contributed by atoms with E-state index in [1.54, 1.807) is 23.2 Å². The van der Waals surface area contributed by atoms with Crippen molar-refractivity contribution in [2.45, 2.75) is 4.90 Å². The Hall–Kier alpha value is -3.23. The number of nitrogens with two attached hydrogens (primary N) is 1. The van der Waals surface area contributed by atoms with E-state index < -0.39 is 14.9 Å². The number of primary sulfonamides is 1. The van der Waals surface area contributed by atoms with E-state index in [2.05, 4.69) is 11.1 Å². The summed E-state index contributed by atoms with van der Waals surface area (Å²) in [6.45, 7) is 1.94. The Balaban J connectivity index is 1.84. The summed E-state index contributed by atoms with van der Waals surface area (Å²) in [5, 5.41) is 25.7. The maximum absolute atomic E-state index is 11.5. The molecule has 1 saturated heterocycles. The molecule has 27 heavy (non-hydrogen) atoms. The van der Waals surface area contributed by atoms with E-state index in [4.69, 9.17) is 5.14 Å². The predicted octanol–water partition coefficient (Wildman–Crippen LogP) is 0.835. The van der Waals surface area contributed by atoms with Crippen LogP contribution in [0, 0.1) is 21.4 Å². The zero-order valence-corrected chi connectivity index (χ0v) is 15.0. The van der Waals surface area contributed by atoms with E-state index in [-0.39, 0.29) is 10.6 Å². The molecule has 0 unspecified atom stereocenters. The lowest BCUT2D eigenvalue weighted by Gasteiger charge is -2.36. The van der Waals surface area contributed by atoms with Crippen LogP contribution in [-0.4, -0.2) is 44.5 Å². The molecule has 0 spiro atoms. The number of hydrogen-bond donors (Lipinski definition) is 1. The molecule has 0 radical (unpaired) electrons. The summed E-state index contributed by atoms with van der Waals surface area (Å²) in [4.78, 5) is 18.5. The molecule has 2 N–H and O–H groups in total. The van der Waals surface area contributed by atoms with Crippen molar-refractivity contribution in [3.05, 3.63) is 52.2 Å². The Morgan fingerprint density at radius 1 is 1.19 bits per heavy atom. The number of nitro groups is 1. The van der Waals surface area contributed by atoms with E-state index in [9.17, 15) is 23.8 Å². The van der Waals surface area contributed by atoms with Gasteiger partial charge in [0.05, 0.1) is 15.4 Å². The highest BCUT2D eigenvalue weighted by Gasteiger charge is 2.26. The van der Waals surface area contributed by atoms with Gasteiger partial charge >= 0.3 is 0 Å². The number of pyridine rings is 1. The maximum atomic E-state index is 11.5. The highest BCUT2D eigenvalue weighted by atomic mass is 32.2. The minimum Gasteiger partial charge on any atom is -0.362 e. The van der Waals surface area contributed by atoms with Crippen LogP contribution >= 0.6 is 0 Å². The van der Waals surface area contributed by atoms with Crippen molar-refractivity contribution in [2.75, 3.05) is 36.0 Å². The van der Waals surface area contributed by atoms with Gasteiger partial charge in [-0.3, -0.25) is 10.1 Å². The van der Waals surface area contributed by atoms with E-state index in [0.29, 0.717) is 43.2 Å². The molecule has 1 aromatic heterocycles. The third-order valence-corrected chi connectivity index (χ3v) is 5.21. The molecular weight excluding hydrogens is 372 g/mol. The van der Waals surface area contributed by atoms with Crippen LogP contribution in [0.5, 0.6) is 0 Å². The number of sulfonamides is 1. The summed E-state index contributed by atoms with van der Waals surface area (Å²) in [7, 11) is -4.03. The lowest BCUT2D eigenvalue weighted by atomic mass is 10.2. The molecule has 140 valence electrons. The van der Waals surface area contributed by atoms with Crippen LogP contribution in [-0.2, 0) is 10.0 Å². The van der Waals surface area contributed by atoms with Crippen LogP contribution in [0.3, 0.4) is 0 Å². The average molecular weight is 388 g/mol. The van der Waals surface area contributed by atoms with Crippen molar-refractivity contribution in [1.29, 1.82) is 5.26 Å². The fraction of sp³-hybridized carbons (Fsp3) is 0.250. The van der Waals surface area contributed by atoms with Gasteiger partial charge in [-0.1, -0.05) is 0 Å². The number of hydrogen-bond acceptors (Lipinski definition) is 8. The number of piperazine rings is 1. The second-order valence-electron chi connectivity index (χ2n) is 5.91. The molecule has 10 nitrogen and oxygen atoms in total. The Kier molecular flexibility index (Phi) is 4.93. The summed E-state index contributed by atoms with van der Waals surface area (Å²) >= 11 is 0. The van der Waals surface area contributed by atoms with Gasteiger partial charge in [0.1, 0.15) is 17.6 Å². The number of aromatic nitrogens is 1. The third kappa shape index (κ3) is 3.81. The molecule has 0 bridgehead atoms. The van der Waals surface area contributed by atoms with Crippen LogP contribution in [0.2, 0.25) is 0 Å². The molecule has 11 heteroatoms. The first-order valence-electron chi connectivity index (χ1n) is 7.97. The van der Waals surface area contributed by atoms with Crippen LogP contribution in [0.1, 0.15) is 5.56 Å². The van der Waals surface area contributed by atoms with Gasteiger partial charge in [0.15, 0.2) is 0 Å². The SMILES string of the molecule is N#Cc1cccnc1N1CCN(c2ccc(S(N)(=O)=O)cc2[N+](=O)[O-])CC1. The number of anilines is 2. The molecule has 0 saturated carbocycles. The second kappa shape index (κ2) is 7.18. The average Bonchev–Trinajstić information content (AvgIpc) is 2.67. The van der Waals surface area contributed by atoms with E-state index in [1.807, 2.05) is 4.90 Å². The number of nitro benzene ring substituents is 1. The summed E-state index contributed by atoms with van der Waals surface area (Å²) < 4.78 is 22.9. The van der Waals surface area contributed by atoms with Crippen molar-refractivity contribution >= 4 is 27.2 Å². The van der Waals surface area contributed by atoms with Crippen molar-refractivity contribution in [3.8, 4) is 6.07 Å². The number of rotatable bonds is 4. The fourth-order valence-electron chi connectivity index (χ4n) is 2.99. The van der Waals surface area contributed by atoms with E-state index in [1.165, 1.54) is 12.1 Å². The molecule has 2 aromatic rings. The number of nitriles is 1. The largest absolute Gasteiger partial charge is 0.362 e. The van der Waals surface area contributed by atoms with Crippen LogP contribution in [0.25, 0.3) is 0 Å². The molecular formula is C16H16N6O4S. The Morgan fingerprint density at radius 2 is 1.85 bits per heavy atom. The smallest absolute Gasteiger partial charge is 0.293 e.